The standard InChI is InChI=1S/C8H12O6/c1-4(7(11)12)5(2)8(13)14-6(10)3-9/h6,9-10H,3H2,1-2H3,(H,11,12). The van der Waals surface area contributed by atoms with E-state index < -0.39 is 24.8 Å². The third-order valence-electron chi connectivity index (χ3n) is 1.59. The molecule has 0 rings (SSSR count). The summed E-state index contributed by atoms with van der Waals surface area (Å²) in [7, 11) is 0. The minimum absolute atomic E-state index is 0.120. The average molecular weight is 204 g/mol. The second kappa shape index (κ2) is 5.36. The third kappa shape index (κ3) is 3.55. The van der Waals surface area contributed by atoms with Crippen molar-refractivity contribution in [2.24, 2.45) is 0 Å². The number of hydrogen-bond donors (Lipinski definition) is 3. The molecule has 0 aliphatic heterocycles. The molecule has 6 heteroatoms. The van der Waals surface area contributed by atoms with Crippen molar-refractivity contribution in [3.05, 3.63) is 11.1 Å². The maximum Gasteiger partial charge on any atom is 0.336 e. The summed E-state index contributed by atoms with van der Waals surface area (Å²) in [5.74, 6) is -2.20. The number of carbonyl (C=O) groups is 2. The number of ether oxygens (including phenoxy) is 1. The van der Waals surface area contributed by atoms with Crippen molar-refractivity contribution in [2.45, 2.75) is 20.1 Å². The molecule has 0 aliphatic rings. The van der Waals surface area contributed by atoms with Gasteiger partial charge in [-0.3, -0.25) is 0 Å². The second-order valence-corrected chi connectivity index (χ2v) is 2.60. The van der Waals surface area contributed by atoms with Gasteiger partial charge in [0.1, 0.15) is 6.61 Å². The quantitative estimate of drug-likeness (QED) is 0.316. The monoisotopic (exact) mass is 204 g/mol. The molecular weight excluding hydrogens is 192 g/mol. The van der Waals surface area contributed by atoms with Crippen molar-refractivity contribution in [2.75, 3.05) is 6.61 Å². The van der Waals surface area contributed by atoms with E-state index in [1.807, 2.05) is 0 Å². The Kier molecular flexibility index (Phi) is 4.82. The van der Waals surface area contributed by atoms with E-state index in [0.29, 0.717) is 0 Å². The molecular formula is C8H12O6. The molecule has 80 valence electrons. The summed E-state index contributed by atoms with van der Waals surface area (Å²) in [6.07, 6.45) is -1.63. The van der Waals surface area contributed by atoms with E-state index in [0.717, 1.165) is 0 Å². The number of aliphatic hydroxyl groups is 2. The van der Waals surface area contributed by atoms with Gasteiger partial charge in [0.15, 0.2) is 0 Å². The number of carboxylic acids is 1. The lowest BCUT2D eigenvalue weighted by Crippen LogP contribution is -2.22. The zero-order valence-corrected chi connectivity index (χ0v) is 7.85. The Morgan fingerprint density at radius 1 is 1.29 bits per heavy atom. The normalized spacial score (nSPS) is 14.3. The zero-order valence-electron chi connectivity index (χ0n) is 7.85. The second-order valence-electron chi connectivity index (χ2n) is 2.60. The van der Waals surface area contributed by atoms with Gasteiger partial charge in [-0.25, -0.2) is 9.59 Å². The predicted molar refractivity (Wildman–Crippen MR) is 45.2 cm³/mol. The molecule has 6 nitrogen and oxygen atoms in total. The molecule has 0 saturated heterocycles. The van der Waals surface area contributed by atoms with Crippen LogP contribution in [0.3, 0.4) is 0 Å². The van der Waals surface area contributed by atoms with Gasteiger partial charge in [-0.15, -0.1) is 0 Å². The number of rotatable bonds is 4. The molecule has 0 aromatic rings. The van der Waals surface area contributed by atoms with Crippen molar-refractivity contribution in [3.8, 4) is 0 Å². The molecule has 14 heavy (non-hydrogen) atoms. The Labute approximate surface area is 80.4 Å². The first-order valence-electron chi connectivity index (χ1n) is 3.80. The highest BCUT2D eigenvalue weighted by atomic mass is 16.6. The fraction of sp³-hybridized carbons (Fsp3) is 0.500. The number of carboxylic acid groups (broad SMARTS) is 1. The summed E-state index contributed by atoms with van der Waals surface area (Å²) in [4.78, 5) is 21.5. The fourth-order valence-corrected chi connectivity index (χ4v) is 0.563. The molecule has 1 atom stereocenters. The summed E-state index contributed by atoms with van der Waals surface area (Å²) in [5.41, 5.74) is -0.287. The van der Waals surface area contributed by atoms with Crippen molar-refractivity contribution in [3.63, 3.8) is 0 Å². The van der Waals surface area contributed by atoms with Crippen molar-refractivity contribution < 1.29 is 29.6 Å². The largest absolute Gasteiger partial charge is 0.478 e. The van der Waals surface area contributed by atoms with Crippen LogP contribution in [0.25, 0.3) is 0 Å². The Bertz CT molecular complexity index is 267. The third-order valence-corrected chi connectivity index (χ3v) is 1.59. The average Bonchev–Trinajstić information content (AvgIpc) is 2.14. The molecule has 0 radical (unpaired) electrons. The van der Waals surface area contributed by atoms with Crippen molar-refractivity contribution in [1.82, 2.24) is 0 Å². The molecule has 0 aromatic carbocycles. The van der Waals surface area contributed by atoms with Crippen molar-refractivity contribution >= 4 is 11.9 Å². The van der Waals surface area contributed by atoms with Crippen molar-refractivity contribution in [1.29, 1.82) is 0 Å². The minimum Gasteiger partial charge on any atom is -0.478 e. The molecule has 1 unspecified atom stereocenters. The maximum absolute atomic E-state index is 11.0. The molecule has 0 aliphatic carbocycles. The van der Waals surface area contributed by atoms with Crippen LogP contribution in [-0.2, 0) is 14.3 Å². The van der Waals surface area contributed by atoms with E-state index in [9.17, 15) is 9.59 Å². The lowest BCUT2D eigenvalue weighted by molar-refractivity contribution is -0.169. The van der Waals surface area contributed by atoms with E-state index in [-0.39, 0.29) is 11.1 Å². The molecule has 0 saturated carbocycles. The van der Waals surface area contributed by atoms with Crippen LogP contribution in [0.2, 0.25) is 0 Å². The van der Waals surface area contributed by atoms with Gasteiger partial charge in [-0.05, 0) is 13.8 Å². The number of hydrogen-bond acceptors (Lipinski definition) is 5. The van der Waals surface area contributed by atoms with Crippen LogP contribution in [0.1, 0.15) is 13.8 Å². The number of aliphatic carboxylic acids is 1. The Morgan fingerprint density at radius 2 is 1.79 bits per heavy atom. The topological polar surface area (TPSA) is 104 Å². The molecule has 0 heterocycles. The van der Waals surface area contributed by atoms with Gasteiger partial charge in [0.25, 0.3) is 0 Å². The molecule has 0 fully saturated rings. The highest BCUT2D eigenvalue weighted by Crippen LogP contribution is 2.06. The highest BCUT2D eigenvalue weighted by molar-refractivity contribution is 5.98. The minimum atomic E-state index is -1.63. The molecule has 0 aromatic heterocycles. The molecule has 0 spiro atoms. The van der Waals surface area contributed by atoms with Gasteiger partial charge >= 0.3 is 11.9 Å². The number of aliphatic hydroxyl groups excluding tert-OH is 2. The summed E-state index contributed by atoms with van der Waals surface area (Å²) in [6.45, 7) is 1.77. The zero-order chi connectivity index (χ0) is 11.3. The number of esters is 1. The first kappa shape index (κ1) is 12.6. The van der Waals surface area contributed by atoms with Gasteiger partial charge < -0.3 is 20.1 Å². The molecule has 0 amide bonds. The first-order valence-corrected chi connectivity index (χ1v) is 3.80. The van der Waals surface area contributed by atoms with Gasteiger partial charge in [0.05, 0.1) is 0 Å². The van der Waals surface area contributed by atoms with Crippen LogP contribution in [-0.4, -0.2) is 40.2 Å². The van der Waals surface area contributed by atoms with E-state index in [1.165, 1.54) is 13.8 Å². The van der Waals surface area contributed by atoms with E-state index in [4.69, 9.17) is 15.3 Å². The van der Waals surface area contributed by atoms with Gasteiger partial charge in [-0.2, -0.15) is 0 Å². The lowest BCUT2D eigenvalue weighted by Gasteiger charge is -2.09. The molecule has 3 N–H and O–H groups in total. The van der Waals surface area contributed by atoms with Crippen LogP contribution < -0.4 is 0 Å². The highest BCUT2D eigenvalue weighted by Gasteiger charge is 2.16. The summed E-state index contributed by atoms with van der Waals surface area (Å²) >= 11 is 0. The Morgan fingerprint density at radius 3 is 2.14 bits per heavy atom. The Balaban J connectivity index is 4.54. The summed E-state index contributed by atoms with van der Waals surface area (Å²) in [5, 5.41) is 25.6. The van der Waals surface area contributed by atoms with E-state index in [2.05, 4.69) is 4.74 Å². The SMILES string of the molecule is CC(C(=O)O)=C(C)C(=O)OC(O)CO. The van der Waals surface area contributed by atoms with Crippen LogP contribution in [0.15, 0.2) is 11.1 Å². The summed E-state index contributed by atoms with van der Waals surface area (Å²) in [6, 6.07) is 0. The van der Waals surface area contributed by atoms with Gasteiger partial charge in [0.2, 0.25) is 6.29 Å². The first-order chi connectivity index (χ1) is 6.40. The number of carbonyl (C=O) groups excluding carboxylic acids is 1. The smallest absolute Gasteiger partial charge is 0.336 e. The maximum atomic E-state index is 11.0. The van der Waals surface area contributed by atoms with E-state index in [1.54, 1.807) is 0 Å². The predicted octanol–water partition coefficient (Wildman–Crippen LogP) is -0.739. The van der Waals surface area contributed by atoms with Crippen LogP contribution in [0, 0.1) is 0 Å². The van der Waals surface area contributed by atoms with Gasteiger partial charge in [0, 0.05) is 11.1 Å². The fourth-order valence-electron chi connectivity index (χ4n) is 0.563. The van der Waals surface area contributed by atoms with Gasteiger partial charge in [-0.1, -0.05) is 0 Å². The Hall–Kier alpha value is -1.40. The lowest BCUT2D eigenvalue weighted by atomic mass is 10.1. The summed E-state index contributed by atoms with van der Waals surface area (Å²) < 4.78 is 4.28. The molecule has 0 bridgehead atoms. The van der Waals surface area contributed by atoms with Crippen LogP contribution >= 0.6 is 0 Å². The van der Waals surface area contributed by atoms with Crippen LogP contribution in [0.4, 0.5) is 0 Å². The van der Waals surface area contributed by atoms with Crippen LogP contribution in [0.5, 0.6) is 0 Å². The van der Waals surface area contributed by atoms with E-state index >= 15 is 0 Å².